The van der Waals surface area contributed by atoms with Gasteiger partial charge >= 0.3 is 0 Å². The van der Waals surface area contributed by atoms with Crippen LogP contribution in [0, 0.1) is 6.92 Å². The molecule has 0 amide bonds. The first-order chi connectivity index (χ1) is 7.10. The van der Waals surface area contributed by atoms with Crippen LogP contribution in [0.2, 0.25) is 0 Å². The lowest BCUT2D eigenvalue weighted by Crippen LogP contribution is -2.00. The molecule has 0 aliphatic heterocycles. The molecule has 0 saturated carbocycles. The van der Waals surface area contributed by atoms with Gasteiger partial charge in [0.25, 0.3) is 0 Å². The standard InChI is InChI=1S/C11H10O2S2/c1-9-3-2-4-10(7-9)15(12,13)11-5-6-14-8-11/h2-8H,1H3. The van der Waals surface area contributed by atoms with Crippen LogP contribution in [0.1, 0.15) is 5.56 Å². The van der Waals surface area contributed by atoms with Crippen molar-refractivity contribution in [2.45, 2.75) is 16.7 Å². The van der Waals surface area contributed by atoms with Crippen LogP contribution in [0.5, 0.6) is 0 Å². The Balaban J connectivity index is 2.57. The Hall–Kier alpha value is -1.13. The number of rotatable bonds is 2. The zero-order valence-corrected chi connectivity index (χ0v) is 9.81. The number of benzene rings is 1. The fourth-order valence-electron chi connectivity index (χ4n) is 1.32. The first kappa shape index (κ1) is 10.4. The molecule has 1 aromatic heterocycles. The Morgan fingerprint density at radius 1 is 1.13 bits per heavy atom. The summed E-state index contributed by atoms with van der Waals surface area (Å²) in [7, 11) is -3.31. The minimum absolute atomic E-state index is 0.362. The SMILES string of the molecule is Cc1cccc(S(=O)(=O)c2ccsc2)c1. The van der Waals surface area contributed by atoms with Gasteiger partial charge in [0, 0.05) is 5.38 Å². The van der Waals surface area contributed by atoms with Gasteiger partial charge in [0.15, 0.2) is 0 Å². The molecule has 2 nitrogen and oxygen atoms in total. The molecule has 78 valence electrons. The molecule has 0 aliphatic carbocycles. The molecule has 0 unspecified atom stereocenters. The minimum atomic E-state index is -3.31. The summed E-state index contributed by atoms with van der Waals surface area (Å²) >= 11 is 1.39. The molecule has 0 spiro atoms. The lowest BCUT2D eigenvalue weighted by Gasteiger charge is -2.02. The number of hydrogen-bond acceptors (Lipinski definition) is 3. The molecule has 2 aromatic rings. The first-order valence-corrected chi connectivity index (χ1v) is 6.87. The summed E-state index contributed by atoms with van der Waals surface area (Å²) in [6.45, 7) is 1.88. The lowest BCUT2D eigenvalue weighted by molar-refractivity contribution is 0.596. The molecule has 0 N–H and O–H groups in total. The fourth-order valence-corrected chi connectivity index (χ4v) is 3.72. The topological polar surface area (TPSA) is 34.1 Å². The van der Waals surface area contributed by atoms with Gasteiger partial charge < -0.3 is 0 Å². The van der Waals surface area contributed by atoms with Crippen molar-refractivity contribution < 1.29 is 8.42 Å². The van der Waals surface area contributed by atoms with Gasteiger partial charge in [-0.2, -0.15) is 11.3 Å². The molecule has 0 atom stereocenters. The van der Waals surface area contributed by atoms with Crippen LogP contribution in [0.15, 0.2) is 50.9 Å². The van der Waals surface area contributed by atoms with Crippen molar-refractivity contribution in [3.8, 4) is 0 Å². The third kappa shape index (κ3) is 1.96. The van der Waals surface area contributed by atoms with Gasteiger partial charge in [-0.15, -0.1) is 0 Å². The molecule has 0 radical (unpaired) electrons. The third-order valence-electron chi connectivity index (χ3n) is 2.11. The van der Waals surface area contributed by atoms with Crippen LogP contribution in [0.4, 0.5) is 0 Å². The maximum absolute atomic E-state index is 12.1. The molecule has 1 heterocycles. The quantitative estimate of drug-likeness (QED) is 0.806. The van der Waals surface area contributed by atoms with E-state index in [-0.39, 0.29) is 0 Å². The van der Waals surface area contributed by atoms with E-state index >= 15 is 0 Å². The molecule has 0 aliphatic rings. The second-order valence-electron chi connectivity index (χ2n) is 3.28. The Bertz CT molecular complexity index is 554. The van der Waals surface area contributed by atoms with Gasteiger partial charge in [0.2, 0.25) is 9.84 Å². The van der Waals surface area contributed by atoms with Crippen molar-refractivity contribution >= 4 is 21.2 Å². The van der Waals surface area contributed by atoms with Crippen molar-refractivity contribution in [3.63, 3.8) is 0 Å². The van der Waals surface area contributed by atoms with E-state index in [1.165, 1.54) is 11.3 Å². The summed E-state index contributed by atoms with van der Waals surface area (Å²) in [6.07, 6.45) is 0. The Morgan fingerprint density at radius 2 is 1.93 bits per heavy atom. The molecule has 0 saturated heterocycles. The second kappa shape index (κ2) is 3.79. The van der Waals surface area contributed by atoms with E-state index in [1.54, 1.807) is 35.0 Å². The van der Waals surface area contributed by atoms with Gasteiger partial charge in [-0.3, -0.25) is 0 Å². The second-order valence-corrected chi connectivity index (χ2v) is 6.01. The predicted molar refractivity (Wildman–Crippen MR) is 60.9 cm³/mol. The molecule has 0 fully saturated rings. The van der Waals surface area contributed by atoms with Crippen molar-refractivity contribution in [1.29, 1.82) is 0 Å². The molecule has 4 heteroatoms. The van der Waals surface area contributed by atoms with Crippen molar-refractivity contribution in [2.75, 3.05) is 0 Å². The first-order valence-electron chi connectivity index (χ1n) is 4.45. The van der Waals surface area contributed by atoms with Crippen LogP contribution in [-0.2, 0) is 9.84 Å². The van der Waals surface area contributed by atoms with E-state index in [4.69, 9.17) is 0 Å². The summed E-state index contributed by atoms with van der Waals surface area (Å²) in [5.74, 6) is 0. The smallest absolute Gasteiger partial charge is 0.207 e. The van der Waals surface area contributed by atoms with E-state index in [2.05, 4.69) is 0 Å². The molecule has 2 rings (SSSR count). The highest BCUT2D eigenvalue weighted by Gasteiger charge is 2.17. The fraction of sp³-hybridized carbons (Fsp3) is 0.0909. The molecule has 1 aromatic carbocycles. The molecule has 15 heavy (non-hydrogen) atoms. The summed E-state index contributed by atoms with van der Waals surface area (Å²) in [4.78, 5) is 0.735. The van der Waals surface area contributed by atoms with E-state index in [0.717, 1.165) is 5.56 Å². The predicted octanol–water partition coefficient (Wildman–Crippen LogP) is 2.89. The van der Waals surface area contributed by atoms with Gasteiger partial charge in [-0.25, -0.2) is 8.42 Å². The zero-order valence-electron chi connectivity index (χ0n) is 8.17. The van der Waals surface area contributed by atoms with Crippen molar-refractivity contribution in [2.24, 2.45) is 0 Å². The number of thiophene rings is 1. The van der Waals surface area contributed by atoms with Gasteiger partial charge in [-0.1, -0.05) is 12.1 Å². The largest absolute Gasteiger partial charge is 0.218 e. The highest BCUT2D eigenvalue weighted by Crippen LogP contribution is 2.23. The van der Waals surface area contributed by atoms with Crippen LogP contribution in [-0.4, -0.2) is 8.42 Å². The number of aryl methyl sites for hydroxylation is 1. The Kier molecular flexibility index (Phi) is 2.63. The maximum Gasteiger partial charge on any atom is 0.207 e. The highest BCUT2D eigenvalue weighted by molar-refractivity contribution is 7.91. The van der Waals surface area contributed by atoms with Gasteiger partial charge in [0.1, 0.15) is 0 Å². The Labute approximate surface area is 93.1 Å². The zero-order chi connectivity index (χ0) is 10.9. The lowest BCUT2D eigenvalue weighted by atomic mass is 10.2. The van der Waals surface area contributed by atoms with E-state index < -0.39 is 9.84 Å². The molecular formula is C11H10O2S2. The van der Waals surface area contributed by atoms with Gasteiger partial charge in [-0.05, 0) is 36.1 Å². The van der Waals surface area contributed by atoms with Crippen LogP contribution >= 0.6 is 11.3 Å². The monoisotopic (exact) mass is 238 g/mol. The maximum atomic E-state index is 12.1. The van der Waals surface area contributed by atoms with Crippen molar-refractivity contribution in [1.82, 2.24) is 0 Å². The summed E-state index contributed by atoms with van der Waals surface area (Å²) in [5.41, 5.74) is 0.950. The third-order valence-corrected chi connectivity index (χ3v) is 4.69. The molecule has 0 bridgehead atoms. The normalized spacial score (nSPS) is 11.5. The summed E-state index contributed by atoms with van der Waals surface area (Å²) < 4.78 is 24.1. The van der Waals surface area contributed by atoms with Crippen LogP contribution in [0.3, 0.4) is 0 Å². The van der Waals surface area contributed by atoms with Crippen LogP contribution in [0.25, 0.3) is 0 Å². The van der Waals surface area contributed by atoms with E-state index in [0.29, 0.717) is 9.79 Å². The van der Waals surface area contributed by atoms with Crippen molar-refractivity contribution in [3.05, 3.63) is 46.7 Å². The average Bonchev–Trinajstić information content (AvgIpc) is 2.71. The van der Waals surface area contributed by atoms with E-state index in [9.17, 15) is 8.42 Å². The highest BCUT2D eigenvalue weighted by atomic mass is 32.2. The van der Waals surface area contributed by atoms with Gasteiger partial charge in [0.05, 0.1) is 9.79 Å². The molecular weight excluding hydrogens is 228 g/mol. The average molecular weight is 238 g/mol. The number of hydrogen-bond donors (Lipinski definition) is 0. The minimum Gasteiger partial charge on any atom is -0.218 e. The number of sulfone groups is 1. The summed E-state index contributed by atoms with van der Waals surface area (Å²) in [5, 5.41) is 3.42. The van der Waals surface area contributed by atoms with E-state index in [1.807, 2.05) is 13.0 Å². The summed E-state index contributed by atoms with van der Waals surface area (Å²) in [6, 6.07) is 8.58. The van der Waals surface area contributed by atoms with Crippen LogP contribution < -0.4 is 0 Å². The Morgan fingerprint density at radius 3 is 2.53 bits per heavy atom.